The summed E-state index contributed by atoms with van der Waals surface area (Å²) in [5, 5.41) is 14.5. The number of aromatic amines is 1. The zero-order chi connectivity index (χ0) is 28.6. The van der Waals surface area contributed by atoms with Gasteiger partial charge in [-0.25, -0.2) is 19.4 Å². The minimum absolute atomic E-state index is 0.0123. The van der Waals surface area contributed by atoms with Gasteiger partial charge in [0.1, 0.15) is 17.8 Å². The maximum absolute atomic E-state index is 15.1. The van der Waals surface area contributed by atoms with Crippen molar-refractivity contribution < 1.29 is 18.9 Å². The van der Waals surface area contributed by atoms with Gasteiger partial charge in [0.25, 0.3) is 11.6 Å². The average Bonchev–Trinajstić information content (AvgIpc) is 3.59. The molecule has 1 aliphatic heterocycles. The number of pyridine rings is 1. The van der Waals surface area contributed by atoms with Crippen LogP contribution in [0.15, 0.2) is 53.7 Å². The molecule has 3 heterocycles. The van der Waals surface area contributed by atoms with E-state index in [0.717, 1.165) is 0 Å². The molecule has 1 amide bonds. The van der Waals surface area contributed by atoms with E-state index >= 15 is 4.39 Å². The fourth-order valence-electron chi connectivity index (χ4n) is 4.43. The van der Waals surface area contributed by atoms with Crippen LogP contribution in [0, 0.1) is 21.3 Å². The maximum atomic E-state index is 15.1. The normalized spacial score (nSPS) is 15.1. The minimum Gasteiger partial charge on any atom is -0.381 e. The molecule has 0 saturated carbocycles. The summed E-state index contributed by atoms with van der Waals surface area (Å²) in [7, 11) is 0. The molecule has 0 fully saturated rings. The maximum Gasteiger partial charge on any atom is 0.308 e. The Morgan fingerprint density at radius 3 is 2.65 bits per heavy atom. The number of nitrogens with zero attached hydrogens (tertiary/aromatic N) is 4. The lowest BCUT2D eigenvalue weighted by Crippen LogP contribution is -2.35. The number of hydroxylamine groups is 1. The first-order valence-corrected chi connectivity index (χ1v) is 12.8. The summed E-state index contributed by atoms with van der Waals surface area (Å²) in [4.78, 5) is 45.3. The van der Waals surface area contributed by atoms with Crippen molar-refractivity contribution in [1.82, 2.24) is 25.7 Å². The second-order valence-corrected chi connectivity index (χ2v) is 10.5. The van der Waals surface area contributed by atoms with Gasteiger partial charge in [-0.15, -0.1) is 5.48 Å². The number of aryl methyl sites for hydroxylation is 1. The summed E-state index contributed by atoms with van der Waals surface area (Å²) >= 11 is 0. The summed E-state index contributed by atoms with van der Waals surface area (Å²) in [6.45, 7) is 7.67. The summed E-state index contributed by atoms with van der Waals surface area (Å²) in [5.41, 5.74) is 5.73. The fraction of sp³-hybridized carbons (Fsp3) is 0.286. The van der Waals surface area contributed by atoms with Gasteiger partial charge in [0, 0.05) is 34.8 Å². The zero-order valence-corrected chi connectivity index (χ0v) is 22.4. The number of amides is 1. The number of nitro groups is 1. The summed E-state index contributed by atoms with van der Waals surface area (Å²) < 4.78 is 15.1. The molecule has 0 spiro atoms. The van der Waals surface area contributed by atoms with E-state index in [1.165, 1.54) is 6.07 Å². The first-order chi connectivity index (χ1) is 19.1. The Labute approximate surface area is 229 Å². The van der Waals surface area contributed by atoms with Gasteiger partial charge in [-0.3, -0.25) is 14.9 Å². The van der Waals surface area contributed by atoms with Crippen LogP contribution >= 0.6 is 0 Å². The molecule has 0 bridgehead atoms. The van der Waals surface area contributed by atoms with Crippen LogP contribution < -0.4 is 10.8 Å². The van der Waals surface area contributed by atoms with E-state index in [9.17, 15) is 14.9 Å². The molecule has 1 atom stereocenters. The molecule has 4 aromatic rings. The number of imidazole rings is 1. The molecule has 0 aliphatic carbocycles. The van der Waals surface area contributed by atoms with Crippen LogP contribution in [0.25, 0.3) is 33.7 Å². The zero-order valence-electron chi connectivity index (χ0n) is 22.4. The number of H-pyrrole nitrogens is 1. The van der Waals surface area contributed by atoms with Crippen molar-refractivity contribution in [3.05, 3.63) is 75.7 Å². The number of nitro benzene ring substituents is 1. The highest BCUT2D eigenvalue weighted by molar-refractivity contribution is 6.35. The molecule has 1 unspecified atom stereocenters. The van der Waals surface area contributed by atoms with Gasteiger partial charge in [0.2, 0.25) is 0 Å². The van der Waals surface area contributed by atoms with Crippen LogP contribution in [0.5, 0.6) is 0 Å². The van der Waals surface area contributed by atoms with Crippen LogP contribution in [0.4, 0.5) is 10.1 Å². The highest BCUT2D eigenvalue weighted by Gasteiger charge is 2.32. The summed E-state index contributed by atoms with van der Waals surface area (Å²) in [6.07, 6.45) is 1.67. The number of para-hydroxylation sites is 1. The average molecular weight is 546 g/mol. The lowest BCUT2D eigenvalue weighted by molar-refractivity contribution is -0.384. The van der Waals surface area contributed by atoms with Gasteiger partial charge in [0.15, 0.2) is 5.65 Å². The van der Waals surface area contributed by atoms with Crippen molar-refractivity contribution in [2.24, 2.45) is 10.4 Å². The Bertz CT molecular complexity index is 1660. The van der Waals surface area contributed by atoms with Crippen molar-refractivity contribution in [3.63, 3.8) is 0 Å². The highest BCUT2D eigenvalue weighted by atomic mass is 19.1. The molecule has 1 aliphatic rings. The molecule has 2 aromatic carbocycles. The predicted molar refractivity (Wildman–Crippen MR) is 147 cm³/mol. The SMILES string of the molecule is CCc1cccc(-c2nc3nccc(-c4ccc(CNC(=O)C5=NC(C(C)(C)C)NO5)c(F)c4)c3[nH]2)c1[N+](=O)[O-]. The van der Waals surface area contributed by atoms with Crippen molar-refractivity contribution in [3.8, 4) is 22.5 Å². The van der Waals surface area contributed by atoms with E-state index in [-0.39, 0.29) is 35.3 Å². The Morgan fingerprint density at radius 2 is 1.98 bits per heavy atom. The third kappa shape index (κ3) is 5.13. The molecular weight excluding hydrogens is 517 g/mol. The van der Waals surface area contributed by atoms with Crippen LogP contribution in [0.1, 0.15) is 38.8 Å². The van der Waals surface area contributed by atoms with E-state index in [1.807, 2.05) is 27.7 Å². The van der Waals surface area contributed by atoms with Crippen LogP contribution in [-0.2, 0) is 22.6 Å². The molecule has 3 N–H and O–H groups in total. The van der Waals surface area contributed by atoms with Crippen molar-refractivity contribution >= 4 is 28.7 Å². The standard InChI is InChI=1S/C28H28FN7O4/c1-5-15-7-6-8-19(22(15)36(38)39)23-32-21-18(11-12-30-24(21)33-23)16-9-10-17(20(29)13-16)14-31-25(37)26-34-27(35-40-26)28(2,3)4/h6-13,27,35H,5,14H2,1-4H3,(H,31,37)(H,30,32,33). The predicted octanol–water partition coefficient (Wildman–Crippen LogP) is 4.82. The van der Waals surface area contributed by atoms with E-state index in [4.69, 9.17) is 4.84 Å². The number of halogens is 1. The van der Waals surface area contributed by atoms with Crippen LogP contribution in [0.2, 0.25) is 0 Å². The summed E-state index contributed by atoms with van der Waals surface area (Å²) in [5.74, 6) is -0.869. The second-order valence-electron chi connectivity index (χ2n) is 10.5. The number of aromatic nitrogens is 3. The quantitative estimate of drug-likeness (QED) is 0.223. The summed E-state index contributed by atoms with van der Waals surface area (Å²) in [6, 6.07) is 11.5. The molecule has 206 valence electrons. The molecule has 11 nitrogen and oxygen atoms in total. The smallest absolute Gasteiger partial charge is 0.308 e. The molecule has 12 heteroatoms. The number of nitrogens with one attached hydrogen (secondary N) is 3. The van der Waals surface area contributed by atoms with Gasteiger partial charge in [-0.1, -0.05) is 52.0 Å². The first kappa shape index (κ1) is 26.9. The number of hydrogen-bond donors (Lipinski definition) is 3. The number of benzene rings is 2. The number of carbonyl (C=O) groups is 1. The number of hydrogen-bond acceptors (Lipinski definition) is 8. The highest BCUT2D eigenvalue weighted by Crippen LogP contribution is 2.35. The minimum atomic E-state index is -0.551. The Balaban J connectivity index is 1.40. The lowest BCUT2D eigenvalue weighted by Gasteiger charge is -2.22. The Hall–Kier alpha value is -4.71. The first-order valence-electron chi connectivity index (χ1n) is 12.8. The lowest BCUT2D eigenvalue weighted by atomic mass is 9.93. The second kappa shape index (κ2) is 10.5. The van der Waals surface area contributed by atoms with Gasteiger partial charge >= 0.3 is 5.91 Å². The van der Waals surface area contributed by atoms with Crippen molar-refractivity contribution in [1.29, 1.82) is 0 Å². The number of fused-ring (bicyclic) bond motifs is 1. The topological polar surface area (TPSA) is 147 Å². The van der Waals surface area contributed by atoms with Crippen LogP contribution in [-0.4, -0.2) is 37.8 Å². The third-order valence-corrected chi connectivity index (χ3v) is 6.66. The van der Waals surface area contributed by atoms with Gasteiger partial charge < -0.3 is 15.1 Å². The molecule has 2 aromatic heterocycles. The largest absolute Gasteiger partial charge is 0.381 e. The van der Waals surface area contributed by atoms with E-state index in [2.05, 4.69) is 30.7 Å². The van der Waals surface area contributed by atoms with Gasteiger partial charge in [0.05, 0.1) is 16.0 Å². The Kier molecular flexibility index (Phi) is 7.03. The number of carbonyl (C=O) groups excluding carboxylic acids is 1. The van der Waals surface area contributed by atoms with Crippen molar-refractivity contribution in [2.45, 2.75) is 46.8 Å². The molecule has 0 saturated heterocycles. The van der Waals surface area contributed by atoms with E-state index in [0.29, 0.717) is 45.7 Å². The molecule has 5 rings (SSSR count). The molecule has 0 radical (unpaired) electrons. The Morgan fingerprint density at radius 1 is 1.18 bits per heavy atom. The molecule has 40 heavy (non-hydrogen) atoms. The van der Waals surface area contributed by atoms with Gasteiger partial charge in [-0.05, 0) is 30.2 Å². The van der Waals surface area contributed by atoms with Gasteiger partial charge in [-0.2, -0.15) is 0 Å². The number of rotatable bonds is 7. The van der Waals surface area contributed by atoms with E-state index < -0.39 is 16.6 Å². The fourth-order valence-corrected chi connectivity index (χ4v) is 4.43. The number of aliphatic imine (C=N–C) groups is 1. The third-order valence-electron chi connectivity index (χ3n) is 6.66. The van der Waals surface area contributed by atoms with Crippen LogP contribution in [0.3, 0.4) is 0 Å². The monoisotopic (exact) mass is 545 g/mol. The van der Waals surface area contributed by atoms with Crippen molar-refractivity contribution in [2.75, 3.05) is 0 Å². The molecular formula is C28H28FN7O4. The van der Waals surface area contributed by atoms with E-state index in [1.54, 1.807) is 42.6 Å².